The lowest BCUT2D eigenvalue weighted by Crippen LogP contribution is -2.30. The first-order valence-electron chi connectivity index (χ1n) is 9.89. The van der Waals surface area contributed by atoms with Gasteiger partial charge in [0, 0.05) is 12.2 Å². The summed E-state index contributed by atoms with van der Waals surface area (Å²) in [4.78, 5) is 12.7. The normalized spacial score (nSPS) is 17.0. The van der Waals surface area contributed by atoms with Crippen LogP contribution in [-0.4, -0.2) is 35.4 Å². The quantitative estimate of drug-likeness (QED) is 0.600. The Balaban J connectivity index is 1.53. The Bertz CT molecular complexity index is 1180. The van der Waals surface area contributed by atoms with Crippen LogP contribution in [0.3, 0.4) is 0 Å². The van der Waals surface area contributed by atoms with Crippen LogP contribution in [0.5, 0.6) is 0 Å². The topological polar surface area (TPSA) is 92.3 Å². The summed E-state index contributed by atoms with van der Waals surface area (Å²) in [6, 6.07) is 11.8. The molecule has 1 aliphatic heterocycles. The lowest BCUT2D eigenvalue weighted by Gasteiger charge is -2.22. The van der Waals surface area contributed by atoms with Gasteiger partial charge in [0.05, 0.1) is 10.9 Å². The summed E-state index contributed by atoms with van der Waals surface area (Å²) in [6.07, 6.45) is 2.15. The maximum Gasteiger partial charge on any atom is 0.286 e. The highest BCUT2D eigenvalue weighted by molar-refractivity contribution is 7.89. The van der Waals surface area contributed by atoms with Crippen molar-refractivity contribution in [2.75, 3.05) is 11.9 Å². The van der Waals surface area contributed by atoms with Crippen molar-refractivity contribution in [3.05, 3.63) is 69.9 Å². The number of nitrogens with one attached hydrogen (secondary N) is 1. The summed E-state index contributed by atoms with van der Waals surface area (Å²) in [5, 5.41) is 11.3. The minimum Gasteiger partial charge on any atom is -0.320 e. The van der Waals surface area contributed by atoms with E-state index in [4.69, 9.17) is 0 Å². The van der Waals surface area contributed by atoms with Gasteiger partial charge < -0.3 is 5.32 Å². The van der Waals surface area contributed by atoms with Crippen LogP contribution in [0.2, 0.25) is 0 Å². The standard InChI is InChI=1S/C21H21FN4O3S2/c1-2-14-5-11-17(12-6-14)31(28,29)26-13-3-4-18(26)20-24-25-21(30-20)19(27)23-16-9-7-15(22)8-10-16/h5-12,18H,2-4,13H2,1H3,(H,23,27)/t18-/m0/s1. The number of aryl methyl sites for hydroxylation is 1. The average molecular weight is 461 g/mol. The number of nitrogens with zero attached hydrogens (tertiary/aromatic N) is 3. The summed E-state index contributed by atoms with van der Waals surface area (Å²) in [7, 11) is -3.69. The second kappa shape index (κ2) is 8.81. The van der Waals surface area contributed by atoms with Crippen molar-refractivity contribution < 1.29 is 17.6 Å². The number of carbonyl (C=O) groups is 1. The van der Waals surface area contributed by atoms with Gasteiger partial charge in [-0.05, 0) is 61.2 Å². The number of halogens is 1. The molecule has 1 aromatic heterocycles. The molecule has 1 amide bonds. The third-order valence-electron chi connectivity index (χ3n) is 5.16. The average Bonchev–Trinajstić information content (AvgIpc) is 3.45. The van der Waals surface area contributed by atoms with E-state index in [9.17, 15) is 17.6 Å². The lowest BCUT2D eigenvalue weighted by molar-refractivity contribution is 0.102. The highest BCUT2D eigenvalue weighted by atomic mass is 32.2. The minimum absolute atomic E-state index is 0.121. The van der Waals surface area contributed by atoms with E-state index in [2.05, 4.69) is 15.5 Å². The van der Waals surface area contributed by atoms with Crippen LogP contribution in [0.25, 0.3) is 0 Å². The predicted octanol–water partition coefficient (Wildman–Crippen LogP) is 4.02. The van der Waals surface area contributed by atoms with Crippen LogP contribution in [-0.2, 0) is 16.4 Å². The van der Waals surface area contributed by atoms with Gasteiger partial charge in [-0.2, -0.15) is 4.31 Å². The molecule has 1 N–H and O–H groups in total. The van der Waals surface area contributed by atoms with Crippen LogP contribution >= 0.6 is 11.3 Å². The highest BCUT2D eigenvalue weighted by Gasteiger charge is 2.38. The maximum atomic E-state index is 13.2. The second-order valence-electron chi connectivity index (χ2n) is 7.18. The molecular formula is C21H21FN4O3S2. The van der Waals surface area contributed by atoms with Gasteiger partial charge in [0.1, 0.15) is 10.8 Å². The molecule has 1 atom stereocenters. The Morgan fingerprint density at radius 1 is 1.16 bits per heavy atom. The van der Waals surface area contributed by atoms with E-state index in [0.717, 1.165) is 23.3 Å². The number of aromatic nitrogens is 2. The molecule has 1 saturated heterocycles. The molecule has 0 bridgehead atoms. The Morgan fingerprint density at radius 2 is 1.87 bits per heavy atom. The van der Waals surface area contributed by atoms with E-state index >= 15 is 0 Å². The smallest absolute Gasteiger partial charge is 0.286 e. The van der Waals surface area contributed by atoms with E-state index in [-0.39, 0.29) is 9.90 Å². The number of amides is 1. The van der Waals surface area contributed by atoms with Crippen LogP contribution in [0, 0.1) is 5.82 Å². The Labute approximate surface area is 184 Å². The highest BCUT2D eigenvalue weighted by Crippen LogP contribution is 2.37. The van der Waals surface area contributed by atoms with Crippen LogP contribution < -0.4 is 5.32 Å². The Morgan fingerprint density at radius 3 is 2.55 bits per heavy atom. The largest absolute Gasteiger partial charge is 0.320 e. The Hall–Kier alpha value is -2.69. The number of sulfonamides is 1. The number of hydrogen-bond acceptors (Lipinski definition) is 6. The number of anilines is 1. The number of carbonyl (C=O) groups excluding carboxylic acids is 1. The van der Waals surface area contributed by atoms with Gasteiger partial charge in [-0.3, -0.25) is 4.79 Å². The second-order valence-corrected chi connectivity index (χ2v) is 10.1. The summed E-state index contributed by atoms with van der Waals surface area (Å²) in [6.45, 7) is 2.40. The van der Waals surface area contributed by atoms with E-state index in [1.54, 1.807) is 12.1 Å². The first-order chi connectivity index (χ1) is 14.9. The zero-order valence-corrected chi connectivity index (χ0v) is 18.4. The zero-order chi connectivity index (χ0) is 22.0. The lowest BCUT2D eigenvalue weighted by atomic mass is 10.2. The molecule has 1 aliphatic rings. The molecule has 0 spiro atoms. The molecule has 3 aromatic rings. The van der Waals surface area contributed by atoms with Crippen molar-refractivity contribution in [1.82, 2.24) is 14.5 Å². The van der Waals surface area contributed by atoms with Gasteiger partial charge in [-0.15, -0.1) is 10.2 Å². The number of benzene rings is 2. The van der Waals surface area contributed by atoms with Crippen molar-refractivity contribution in [3.63, 3.8) is 0 Å². The zero-order valence-electron chi connectivity index (χ0n) is 16.8. The molecule has 2 aromatic carbocycles. The molecule has 0 aliphatic carbocycles. The van der Waals surface area contributed by atoms with E-state index < -0.39 is 27.8 Å². The SMILES string of the molecule is CCc1ccc(S(=O)(=O)N2CCC[C@H]2c2nnc(C(=O)Nc3ccc(F)cc3)s2)cc1. The molecule has 31 heavy (non-hydrogen) atoms. The van der Waals surface area contributed by atoms with Gasteiger partial charge in [0.2, 0.25) is 15.0 Å². The number of rotatable bonds is 6. The molecule has 10 heteroatoms. The van der Waals surface area contributed by atoms with E-state index in [1.807, 2.05) is 19.1 Å². The first-order valence-corrected chi connectivity index (χ1v) is 12.1. The van der Waals surface area contributed by atoms with Gasteiger partial charge in [0.25, 0.3) is 5.91 Å². The van der Waals surface area contributed by atoms with Crippen LogP contribution in [0.1, 0.15) is 46.2 Å². The van der Waals surface area contributed by atoms with Crippen LogP contribution in [0.4, 0.5) is 10.1 Å². The fourth-order valence-electron chi connectivity index (χ4n) is 3.49. The van der Waals surface area contributed by atoms with Crippen molar-refractivity contribution in [2.45, 2.75) is 37.1 Å². The van der Waals surface area contributed by atoms with Gasteiger partial charge in [0.15, 0.2) is 0 Å². The molecule has 0 unspecified atom stereocenters. The molecule has 0 saturated carbocycles. The van der Waals surface area contributed by atoms with Gasteiger partial charge in [-0.25, -0.2) is 12.8 Å². The fraction of sp³-hybridized carbons (Fsp3) is 0.286. The molecule has 1 fully saturated rings. The minimum atomic E-state index is -3.69. The van der Waals surface area contributed by atoms with Crippen molar-refractivity contribution in [1.29, 1.82) is 0 Å². The van der Waals surface area contributed by atoms with E-state index in [1.165, 1.54) is 28.6 Å². The van der Waals surface area contributed by atoms with Gasteiger partial charge in [-0.1, -0.05) is 30.4 Å². The third kappa shape index (κ3) is 4.51. The van der Waals surface area contributed by atoms with Crippen molar-refractivity contribution in [2.24, 2.45) is 0 Å². The molecular weight excluding hydrogens is 439 g/mol. The summed E-state index contributed by atoms with van der Waals surface area (Å²) < 4.78 is 40.9. The summed E-state index contributed by atoms with van der Waals surface area (Å²) in [5.74, 6) is -0.874. The molecule has 0 radical (unpaired) electrons. The van der Waals surface area contributed by atoms with Crippen LogP contribution in [0.15, 0.2) is 53.4 Å². The summed E-state index contributed by atoms with van der Waals surface area (Å²) in [5.41, 5.74) is 1.50. The van der Waals surface area contributed by atoms with Gasteiger partial charge >= 0.3 is 0 Å². The van der Waals surface area contributed by atoms with E-state index in [0.29, 0.717) is 30.1 Å². The monoisotopic (exact) mass is 460 g/mol. The predicted molar refractivity (Wildman–Crippen MR) is 116 cm³/mol. The Kier molecular flexibility index (Phi) is 6.12. The fourth-order valence-corrected chi connectivity index (χ4v) is 6.10. The maximum absolute atomic E-state index is 13.2. The van der Waals surface area contributed by atoms with Crippen molar-refractivity contribution in [3.8, 4) is 0 Å². The molecule has 7 nitrogen and oxygen atoms in total. The third-order valence-corrected chi connectivity index (χ3v) is 8.11. The number of hydrogen-bond donors (Lipinski definition) is 1. The molecule has 2 heterocycles. The molecule has 162 valence electrons. The summed E-state index contributed by atoms with van der Waals surface area (Å²) >= 11 is 1.07. The first kappa shape index (κ1) is 21.5. The molecule has 4 rings (SSSR count). The van der Waals surface area contributed by atoms with Crippen molar-refractivity contribution >= 4 is 33.0 Å².